The minimum absolute atomic E-state index is 0.949. The molecule has 14 heavy (non-hydrogen) atoms. The van der Waals surface area contributed by atoms with Crippen LogP contribution in [-0.2, 0) is 14.3 Å². The van der Waals surface area contributed by atoms with Crippen LogP contribution in [0.4, 0.5) is 13.2 Å². The minimum Gasteiger partial charge on any atom is -0.467 e. The van der Waals surface area contributed by atoms with Crippen LogP contribution in [-0.4, -0.2) is 30.7 Å². The first-order valence-corrected chi connectivity index (χ1v) is 3.59. The zero-order valence-corrected chi connectivity index (χ0v) is 7.86. The molecule has 4 nitrogen and oxygen atoms in total. The Kier molecular flexibility index (Phi) is 3.50. The third-order valence-corrected chi connectivity index (χ3v) is 1.38. The van der Waals surface area contributed by atoms with Crippen molar-refractivity contribution in [2.24, 2.45) is 0 Å². The number of hydrogen-bond donors (Lipinski definition) is 1. The molecule has 0 radical (unpaired) electrons. The molecule has 0 aromatic rings. The first-order valence-electron chi connectivity index (χ1n) is 3.59. The molecule has 1 amide bonds. The van der Waals surface area contributed by atoms with Crippen molar-refractivity contribution in [3.05, 3.63) is 0 Å². The van der Waals surface area contributed by atoms with E-state index in [1.165, 1.54) is 5.32 Å². The molecule has 82 valence electrons. The predicted molar refractivity (Wildman–Crippen MR) is 40.3 cm³/mol. The van der Waals surface area contributed by atoms with Gasteiger partial charge >= 0.3 is 18.1 Å². The maximum Gasteiger partial charge on any atom is 0.471 e. The number of hydrogen-bond acceptors (Lipinski definition) is 3. The van der Waals surface area contributed by atoms with E-state index in [2.05, 4.69) is 4.74 Å². The lowest BCUT2D eigenvalue weighted by Gasteiger charge is -2.23. The smallest absolute Gasteiger partial charge is 0.467 e. The highest BCUT2D eigenvalue weighted by atomic mass is 19.4. The molecule has 0 unspecified atom stereocenters. The molecule has 0 spiro atoms. The molecule has 0 atom stereocenters. The van der Waals surface area contributed by atoms with Crippen LogP contribution >= 0.6 is 0 Å². The maximum atomic E-state index is 11.8. The van der Waals surface area contributed by atoms with Gasteiger partial charge in [0, 0.05) is 0 Å². The second-order valence-corrected chi connectivity index (χ2v) is 3.07. The summed E-state index contributed by atoms with van der Waals surface area (Å²) in [5, 5.41) is 1.51. The van der Waals surface area contributed by atoms with Crippen molar-refractivity contribution in [3.8, 4) is 0 Å². The fraction of sp³-hybridized carbons (Fsp3) is 0.714. The van der Waals surface area contributed by atoms with E-state index in [9.17, 15) is 22.8 Å². The molecule has 0 aliphatic heterocycles. The highest BCUT2D eigenvalue weighted by Gasteiger charge is 2.43. The Morgan fingerprint density at radius 2 is 1.64 bits per heavy atom. The average molecular weight is 213 g/mol. The second-order valence-electron chi connectivity index (χ2n) is 3.07. The lowest BCUT2D eigenvalue weighted by molar-refractivity contribution is -0.177. The molecule has 0 aromatic heterocycles. The zero-order valence-electron chi connectivity index (χ0n) is 7.86. The fourth-order valence-corrected chi connectivity index (χ4v) is 0.661. The van der Waals surface area contributed by atoms with Crippen LogP contribution in [0.15, 0.2) is 0 Å². The van der Waals surface area contributed by atoms with Crippen molar-refractivity contribution in [3.63, 3.8) is 0 Å². The summed E-state index contributed by atoms with van der Waals surface area (Å²) in [6, 6.07) is 0. The Balaban J connectivity index is 4.53. The van der Waals surface area contributed by atoms with Crippen LogP contribution in [0.1, 0.15) is 13.8 Å². The van der Waals surface area contributed by atoms with Gasteiger partial charge in [-0.15, -0.1) is 0 Å². The van der Waals surface area contributed by atoms with Gasteiger partial charge < -0.3 is 10.1 Å². The molecule has 0 heterocycles. The van der Waals surface area contributed by atoms with E-state index in [0.29, 0.717) is 0 Å². The van der Waals surface area contributed by atoms with Gasteiger partial charge in [0.05, 0.1) is 7.11 Å². The molecule has 1 N–H and O–H groups in total. The molecular weight excluding hydrogens is 203 g/mol. The summed E-state index contributed by atoms with van der Waals surface area (Å²) in [5.74, 6) is -3.12. The summed E-state index contributed by atoms with van der Waals surface area (Å²) >= 11 is 0. The maximum absolute atomic E-state index is 11.8. The quantitative estimate of drug-likeness (QED) is 0.684. The first kappa shape index (κ1) is 12.7. The van der Waals surface area contributed by atoms with E-state index in [0.717, 1.165) is 21.0 Å². The number of methoxy groups -OCH3 is 1. The van der Waals surface area contributed by atoms with Crippen molar-refractivity contribution < 1.29 is 27.5 Å². The van der Waals surface area contributed by atoms with Crippen LogP contribution < -0.4 is 5.32 Å². The van der Waals surface area contributed by atoms with Gasteiger partial charge in [-0.25, -0.2) is 4.79 Å². The third kappa shape index (κ3) is 3.23. The van der Waals surface area contributed by atoms with Gasteiger partial charge in [-0.05, 0) is 13.8 Å². The van der Waals surface area contributed by atoms with Crippen molar-refractivity contribution in [1.29, 1.82) is 0 Å². The molecular formula is C7H10F3NO3. The number of carbonyl (C=O) groups is 2. The summed E-state index contributed by atoms with van der Waals surface area (Å²) in [6.45, 7) is 2.23. The molecule has 0 saturated heterocycles. The highest BCUT2D eigenvalue weighted by molar-refractivity contribution is 5.89. The van der Waals surface area contributed by atoms with Crippen molar-refractivity contribution in [1.82, 2.24) is 5.32 Å². The van der Waals surface area contributed by atoms with Crippen molar-refractivity contribution in [2.45, 2.75) is 25.6 Å². The Bertz CT molecular complexity index is 247. The number of esters is 1. The number of halogens is 3. The molecule has 0 rings (SSSR count). The average Bonchev–Trinajstić information content (AvgIpc) is 2.00. The lowest BCUT2D eigenvalue weighted by atomic mass is 10.1. The monoisotopic (exact) mass is 213 g/mol. The van der Waals surface area contributed by atoms with E-state index in [4.69, 9.17) is 0 Å². The topological polar surface area (TPSA) is 55.4 Å². The van der Waals surface area contributed by atoms with Crippen LogP contribution in [0.3, 0.4) is 0 Å². The van der Waals surface area contributed by atoms with Crippen molar-refractivity contribution in [2.75, 3.05) is 7.11 Å². The Morgan fingerprint density at radius 3 is 1.93 bits per heavy atom. The third-order valence-electron chi connectivity index (χ3n) is 1.38. The van der Waals surface area contributed by atoms with E-state index < -0.39 is 23.6 Å². The first-order chi connectivity index (χ1) is 6.11. The second kappa shape index (κ2) is 3.85. The summed E-state index contributed by atoms with van der Waals surface area (Å²) in [7, 11) is 1.02. The zero-order chi connectivity index (χ0) is 11.6. The van der Waals surface area contributed by atoms with Gasteiger partial charge in [-0.1, -0.05) is 0 Å². The number of nitrogens with one attached hydrogen (secondary N) is 1. The van der Waals surface area contributed by atoms with Gasteiger partial charge in [-0.2, -0.15) is 13.2 Å². The largest absolute Gasteiger partial charge is 0.471 e. The lowest BCUT2D eigenvalue weighted by Crippen LogP contribution is -2.54. The van der Waals surface area contributed by atoms with Crippen LogP contribution in [0.5, 0.6) is 0 Å². The highest BCUT2D eigenvalue weighted by Crippen LogP contribution is 2.16. The summed E-state index contributed by atoms with van der Waals surface area (Å²) in [6.07, 6.45) is -5.01. The minimum atomic E-state index is -5.01. The number of ether oxygens (including phenoxy) is 1. The molecule has 0 aliphatic rings. The van der Waals surface area contributed by atoms with E-state index >= 15 is 0 Å². The Labute approximate surface area is 78.4 Å². The summed E-state index contributed by atoms with van der Waals surface area (Å²) in [4.78, 5) is 21.3. The van der Waals surface area contributed by atoms with Gasteiger partial charge in [0.25, 0.3) is 0 Å². The van der Waals surface area contributed by atoms with Crippen molar-refractivity contribution >= 4 is 11.9 Å². The van der Waals surface area contributed by atoms with Gasteiger partial charge in [-0.3, -0.25) is 4.79 Å². The van der Waals surface area contributed by atoms with Crippen LogP contribution in [0.25, 0.3) is 0 Å². The SMILES string of the molecule is COC(=O)C(C)(C)NC(=O)C(F)(F)F. The normalized spacial score (nSPS) is 12.1. The standard InChI is InChI=1S/C7H10F3NO3/c1-6(2,5(13)14-3)11-4(12)7(8,9)10/h1-3H3,(H,11,12). The number of amides is 1. The van der Waals surface area contributed by atoms with E-state index in [-0.39, 0.29) is 0 Å². The fourth-order valence-electron chi connectivity index (χ4n) is 0.661. The molecule has 0 fully saturated rings. The van der Waals surface area contributed by atoms with Crippen LogP contribution in [0, 0.1) is 0 Å². The molecule has 0 aliphatic carbocycles. The summed E-state index contributed by atoms with van der Waals surface area (Å²) < 4.78 is 39.6. The Morgan fingerprint density at radius 1 is 1.21 bits per heavy atom. The molecule has 0 bridgehead atoms. The predicted octanol–water partition coefficient (Wildman–Crippen LogP) is 0.616. The van der Waals surface area contributed by atoms with Gasteiger partial charge in [0.2, 0.25) is 0 Å². The Hall–Kier alpha value is -1.27. The van der Waals surface area contributed by atoms with Gasteiger partial charge in [0.15, 0.2) is 0 Å². The van der Waals surface area contributed by atoms with Crippen LogP contribution in [0.2, 0.25) is 0 Å². The molecule has 0 saturated carbocycles. The summed E-state index contributed by atoms with van der Waals surface area (Å²) in [5.41, 5.74) is -1.69. The number of alkyl halides is 3. The van der Waals surface area contributed by atoms with Gasteiger partial charge in [0.1, 0.15) is 5.54 Å². The van der Waals surface area contributed by atoms with E-state index in [1.54, 1.807) is 0 Å². The van der Waals surface area contributed by atoms with E-state index in [1.807, 2.05) is 0 Å². The molecule has 7 heteroatoms. The number of rotatable bonds is 2. The number of carbonyl (C=O) groups excluding carboxylic acids is 2. The molecule has 0 aromatic carbocycles.